The highest BCUT2D eigenvalue weighted by Gasteiger charge is 2.35. The van der Waals surface area contributed by atoms with Crippen molar-refractivity contribution in [3.8, 4) is 0 Å². The number of nitrogens with zero attached hydrogens (tertiary/aromatic N) is 1. The third-order valence-corrected chi connectivity index (χ3v) is 6.05. The van der Waals surface area contributed by atoms with Crippen LogP contribution in [0.4, 0.5) is 0 Å². The van der Waals surface area contributed by atoms with E-state index in [2.05, 4.69) is 17.1 Å². The summed E-state index contributed by atoms with van der Waals surface area (Å²) >= 11 is 0. The number of hydrogen-bond acceptors (Lipinski definition) is 4. The van der Waals surface area contributed by atoms with Gasteiger partial charge in [-0.25, -0.2) is 8.42 Å². The summed E-state index contributed by atoms with van der Waals surface area (Å²) in [6.07, 6.45) is 3.51. The molecule has 0 radical (unpaired) electrons. The topological polar surface area (TPSA) is 49.4 Å². The van der Waals surface area contributed by atoms with Gasteiger partial charge in [-0.3, -0.25) is 4.90 Å². The molecule has 106 valence electrons. The molecule has 0 amide bonds. The number of nitrogens with one attached hydrogen (secondary N) is 1. The Hall–Kier alpha value is -0.130. The molecule has 0 aromatic rings. The summed E-state index contributed by atoms with van der Waals surface area (Å²) in [5.41, 5.74) is 0. The fourth-order valence-electron chi connectivity index (χ4n) is 2.71. The van der Waals surface area contributed by atoms with Gasteiger partial charge in [0.15, 0.2) is 0 Å². The Morgan fingerprint density at radius 1 is 1.33 bits per heavy atom. The van der Waals surface area contributed by atoms with Gasteiger partial charge in [0.1, 0.15) is 9.84 Å². The van der Waals surface area contributed by atoms with Gasteiger partial charge in [-0.1, -0.05) is 6.92 Å². The predicted molar refractivity (Wildman–Crippen MR) is 74.5 cm³/mol. The fourth-order valence-corrected chi connectivity index (χ4v) is 3.56. The van der Waals surface area contributed by atoms with Crippen LogP contribution in [0.25, 0.3) is 0 Å². The van der Waals surface area contributed by atoms with Crippen molar-refractivity contribution in [1.29, 1.82) is 0 Å². The minimum Gasteiger partial charge on any atom is -0.311 e. The third kappa shape index (κ3) is 3.93. The van der Waals surface area contributed by atoms with Gasteiger partial charge < -0.3 is 5.32 Å². The summed E-state index contributed by atoms with van der Waals surface area (Å²) in [6.45, 7) is 7.02. The Kier molecular flexibility index (Phi) is 4.67. The van der Waals surface area contributed by atoms with Crippen LogP contribution in [-0.4, -0.2) is 56.5 Å². The molecule has 1 aliphatic heterocycles. The highest BCUT2D eigenvalue weighted by atomic mass is 32.2. The lowest BCUT2D eigenvalue weighted by Crippen LogP contribution is -2.56. The number of rotatable bonds is 6. The van der Waals surface area contributed by atoms with Gasteiger partial charge in [-0.15, -0.1) is 0 Å². The molecule has 0 aromatic carbocycles. The van der Waals surface area contributed by atoms with Crippen LogP contribution in [0, 0.1) is 5.92 Å². The summed E-state index contributed by atoms with van der Waals surface area (Å²) in [6, 6.07) is 1.17. The zero-order chi connectivity index (χ0) is 13.2. The average Bonchev–Trinajstić information content (AvgIpc) is 3.15. The summed E-state index contributed by atoms with van der Waals surface area (Å²) in [5.74, 6) is 1.49. The lowest BCUT2D eigenvalue weighted by Gasteiger charge is -2.39. The van der Waals surface area contributed by atoms with Crippen molar-refractivity contribution in [3.05, 3.63) is 0 Å². The van der Waals surface area contributed by atoms with E-state index in [0.717, 1.165) is 32.0 Å². The van der Waals surface area contributed by atoms with Crippen LogP contribution in [0.2, 0.25) is 0 Å². The van der Waals surface area contributed by atoms with Crippen molar-refractivity contribution in [2.45, 2.75) is 45.2 Å². The summed E-state index contributed by atoms with van der Waals surface area (Å²) in [7, 11) is -2.80. The van der Waals surface area contributed by atoms with Crippen LogP contribution in [-0.2, 0) is 9.84 Å². The average molecular weight is 274 g/mol. The van der Waals surface area contributed by atoms with E-state index in [-0.39, 0.29) is 5.75 Å². The SMILES string of the molecule is CCS(=O)(=O)CCCN1CC(C2CC2)NCC1C. The minimum atomic E-state index is -2.80. The van der Waals surface area contributed by atoms with Gasteiger partial charge in [0, 0.05) is 30.9 Å². The third-order valence-electron chi connectivity index (χ3n) is 4.26. The van der Waals surface area contributed by atoms with Crippen molar-refractivity contribution >= 4 is 9.84 Å². The zero-order valence-electron chi connectivity index (χ0n) is 11.6. The minimum absolute atomic E-state index is 0.273. The molecule has 2 fully saturated rings. The molecule has 1 saturated carbocycles. The Balaban J connectivity index is 1.76. The quantitative estimate of drug-likeness (QED) is 0.781. The maximum absolute atomic E-state index is 11.5. The lowest BCUT2D eigenvalue weighted by atomic mass is 10.1. The molecule has 0 aromatic heterocycles. The molecule has 1 aliphatic carbocycles. The number of hydrogen-bond donors (Lipinski definition) is 1. The Morgan fingerprint density at radius 3 is 2.67 bits per heavy atom. The van der Waals surface area contributed by atoms with Crippen molar-refractivity contribution in [2.24, 2.45) is 5.92 Å². The highest BCUT2D eigenvalue weighted by Crippen LogP contribution is 2.34. The van der Waals surface area contributed by atoms with Crippen molar-refractivity contribution < 1.29 is 8.42 Å². The molecular formula is C13H26N2O2S. The largest absolute Gasteiger partial charge is 0.311 e. The lowest BCUT2D eigenvalue weighted by molar-refractivity contribution is 0.133. The van der Waals surface area contributed by atoms with Crippen molar-refractivity contribution in [2.75, 3.05) is 31.1 Å². The van der Waals surface area contributed by atoms with Crippen molar-refractivity contribution in [1.82, 2.24) is 10.2 Å². The first kappa shape index (κ1) is 14.3. The van der Waals surface area contributed by atoms with E-state index in [1.807, 2.05) is 0 Å². The fraction of sp³-hybridized carbons (Fsp3) is 1.00. The van der Waals surface area contributed by atoms with Gasteiger partial charge >= 0.3 is 0 Å². The normalized spacial score (nSPS) is 30.6. The first-order valence-corrected chi connectivity index (χ1v) is 9.02. The molecule has 4 nitrogen and oxygen atoms in total. The van der Waals surface area contributed by atoms with Crippen LogP contribution in [0.1, 0.15) is 33.1 Å². The van der Waals surface area contributed by atoms with Gasteiger partial charge in [0.2, 0.25) is 0 Å². The Labute approximate surface area is 111 Å². The second-order valence-electron chi connectivity index (χ2n) is 5.79. The molecule has 2 atom stereocenters. The van der Waals surface area contributed by atoms with Crippen LogP contribution in [0.5, 0.6) is 0 Å². The van der Waals surface area contributed by atoms with Crippen LogP contribution in [0.3, 0.4) is 0 Å². The van der Waals surface area contributed by atoms with Crippen LogP contribution < -0.4 is 5.32 Å². The Bertz CT molecular complexity index is 365. The van der Waals surface area contributed by atoms with E-state index in [1.165, 1.54) is 12.8 Å². The van der Waals surface area contributed by atoms with Gasteiger partial charge in [0.05, 0.1) is 5.75 Å². The van der Waals surface area contributed by atoms with E-state index < -0.39 is 9.84 Å². The maximum Gasteiger partial charge on any atom is 0.150 e. The smallest absolute Gasteiger partial charge is 0.150 e. The second-order valence-corrected chi connectivity index (χ2v) is 8.26. The molecule has 2 unspecified atom stereocenters. The molecule has 1 heterocycles. The maximum atomic E-state index is 11.5. The highest BCUT2D eigenvalue weighted by molar-refractivity contribution is 7.91. The van der Waals surface area contributed by atoms with Gasteiger partial charge in [-0.05, 0) is 38.6 Å². The monoisotopic (exact) mass is 274 g/mol. The molecule has 0 spiro atoms. The molecule has 1 N–H and O–H groups in total. The van der Waals surface area contributed by atoms with Crippen LogP contribution >= 0.6 is 0 Å². The molecule has 2 rings (SSSR count). The van der Waals surface area contributed by atoms with E-state index in [1.54, 1.807) is 6.92 Å². The van der Waals surface area contributed by atoms with Crippen molar-refractivity contribution in [3.63, 3.8) is 0 Å². The number of sulfone groups is 1. The summed E-state index contributed by atoms with van der Waals surface area (Å²) < 4.78 is 22.9. The molecule has 0 bridgehead atoms. The first-order chi connectivity index (χ1) is 8.52. The second kappa shape index (κ2) is 5.88. The zero-order valence-corrected chi connectivity index (χ0v) is 12.4. The molecule has 2 aliphatic rings. The Morgan fingerprint density at radius 2 is 2.06 bits per heavy atom. The first-order valence-electron chi connectivity index (χ1n) is 7.19. The number of piperazine rings is 1. The molecular weight excluding hydrogens is 248 g/mol. The molecule has 1 saturated heterocycles. The summed E-state index contributed by atoms with van der Waals surface area (Å²) in [5, 5.41) is 3.62. The van der Waals surface area contributed by atoms with Gasteiger partial charge in [0.25, 0.3) is 0 Å². The molecule has 18 heavy (non-hydrogen) atoms. The molecule has 5 heteroatoms. The predicted octanol–water partition coefficient (Wildman–Crippen LogP) is 0.884. The van der Waals surface area contributed by atoms with Crippen LogP contribution in [0.15, 0.2) is 0 Å². The van der Waals surface area contributed by atoms with E-state index in [4.69, 9.17) is 0 Å². The van der Waals surface area contributed by atoms with E-state index in [0.29, 0.717) is 17.8 Å². The van der Waals surface area contributed by atoms with E-state index in [9.17, 15) is 8.42 Å². The van der Waals surface area contributed by atoms with Gasteiger partial charge in [-0.2, -0.15) is 0 Å². The summed E-state index contributed by atoms with van der Waals surface area (Å²) in [4.78, 5) is 2.46. The standard InChI is InChI=1S/C13H26N2O2S/c1-3-18(16,17)8-4-7-15-10-13(12-5-6-12)14-9-11(15)2/h11-14H,3-10H2,1-2H3. The van der Waals surface area contributed by atoms with E-state index >= 15 is 0 Å².